The Labute approximate surface area is 140 Å². The number of hydrogen-bond acceptors (Lipinski definition) is 4. The van der Waals surface area contributed by atoms with Gasteiger partial charge in [0.25, 0.3) is 5.69 Å². The zero-order chi connectivity index (χ0) is 17.0. The number of amides is 2. The van der Waals surface area contributed by atoms with E-state index in [0.717, 1.165) is 6.07 Å². The highest BCUT2D eigenvalue weighted by molar-refractivity contribution is 6.44. The third-order valence-corrected chi connectivity index (χ3v) is 3.08. The van der Waals surface area contributed by atoms with Crippen molar-refractivity contribution in [3.63, 3.8) is 0 Å². The number of anilines is 2. The highest BCUT2D eigenvalue weighted by atomic mass is 35.5. The van der Waals surface area contributed by atoms with E-state index >= 15 is 0 Å². The fourth-order valence-electron chi connectivity index (χ4n) is 1.70. The molecule has 2 aromatic rings. The fraction of sp³-hybridized carbons (Fsp3) is 0. The van der Waals surface area contributed by atoms with E-state index in [1.807, 2.05) is 0 Å². The Balaban J connectivity index is 2.07. The van der Waals surface area contributed by atoms with Crippen molar-refractivity contribution < 1.29 is 14.5 Å². The Morgan fingerprint density at radius 3 is 2.04 bits per heavy atom. The lowest BCUT2D eigenvalue weighted by molar-refractivity contribution is -0.384. The summed E-state index contributed by atoms with van der Waals surface area (Å²) in [5, 5.41) is 15.9. The summed E-state index contributed by atoms with van der Waals surface area (Å²) in [5.74, 6) is -1.95. The summed E-state index contributed by atoms with van der Waals surface area (Å²) in [6, 6.07) is 9.54. The van der Waals surface area contributed by atoms with Gasteiger partial charge >= 0.3 is 11.8 Å². The molecule has 2 N–H and O–H groups in total. The third-order valence-electron chi connectivity index (χ3n) is 2.64. The van der Waals surface area contributed by atoms with Gasteiger partial charge in [-0.3, -0.25) is 19.7 Å². The lowest BCUT2D eigenvalue weighted by atomic mass is 10.2. The van der Waals surface area contributed by atoms with Crippen molar-refractivity contribution in [2.75, 3.05) is 10.6 Å². The van der Waals surface area contributed by atoms with E-state index < -0.39 is 16.7 Å². The van der Waals surface area contributed by atoms with Gasteiger partial charge in [0, 0.05) is 33.6 Å². The van der Waals surface area contributed by atoms with Crippen LogP contribution in [0.2, 0.25) is 10.0 Å². The molecule has 0 heterocycles. The molecule has 0 bridgehead atoms. The first-order valence-corrected chi connectivity index (χ1v) is 6.93. The molecule has 0 aliphatic heterocycles. The van der Waals surface area contributed by atoms with Crippen LogP contribution in [0.5, 0.6) is 0 Å². The maximum Gasteiger partial charge on any atom is 0.314 e. The molecule has 0 saturated carbocycles. The minimum atomic E-state index is -0.985. The SMILES string of the molecule is O=C(Nc1cc(Cl)cc(Cl)c1)C(=O)Nc1cccc([N+](=O)[O-])c1. The summed E-state index contributed by atoms with van der Waals surface area (Å²) in [6.07, 6.45) is 0. The van der Waals surface area contributed by atoms with Crippen LogP contribution in [0.1, 0.15) is 0 Å². The van der Waals surface area contributed by atoms with Crippen molar-refractivity contribution in [1.29, 1.82) is 0 Å². The molecule has 2 amide bonds. The van der Waals surface area contributed by atoms with Crippen molar-refractivity contribution in [2.24, 2.45) is 0 Å². The molecule has 23 heavy (non-hydrogen) atoms. The third kappa shape index (κ3) is 4.67. The largest absolute Gasteiger partial charge is 0.318 e. The van der Waals surface area contributed by atoms with Crippen LogP contribution in [0, 0.1) is 10.1 Å². The van der Waals surface area contributed by atoms with Gasteiger partial charge < -0.3 is 10.6 Å². The van der Waals surface area contributed by atoms with E-state index in [1.54, 1.807) is 0 Å². The lowest BCUT2D eigenvalue weighted by Gasteiger charge is -2.07. The van der Waals surface area contributed by atoms with Gasteiger partial charge in [-0.15, -0.1) is 0 Å². The van der Waals surface area contributed by atoms with Gasteiger partial charge in [0.2, 0.25) is 0 Å². The quantitative estimate of drug-likeness (QED) is 0.500. The number of halogens is 2. The van der Waals surface area contributed by atoms with Crippen molar-refractivity contribution in [1.82, 2.24) is 0 Å². The van der Waals surface area contributed by atoms with E-state index in [1.165, 1.54) is 36.4 Å². The average Bonchev–Trinajstić information content (AvgIpc) is 2.46. The molecule has 0 spiro atoms. The van der Waals surface area contributed by atoms with Gasteiger partial charge in [0.15, 0.2) is 0 Å². The smallest absolute Gasteiger partial charge is 0.314 e. The lowest BCUT2D eigenvalue weighted by Crippen LogP contribution is -2.29. The molecule has 0 atom stereocenters. The van der Waals surface area contributed by atoms with Crippen LogP contribution in [0.4, 0.5) is 17.1 Å². The first-order chi connectivity index (χ1) is 10.8. The van der Waals surface area contributed by atoms with Gasteiger partial charge in [-0.2, -0.15) is 0 Å². The maximum atomic E-state index is 11.8. The number of nitrogens with one attached hydrogen (secondary N) is 2. The molecular weight excluding hydrogens is 345 g/mol. The standard InChI is InChI=1S/C14H9Cl2N3O4/c15-8-4-9(16)6-11(5-8)18-14(21)13(20)17-10-2-1-3-12(7-10)19(22)23/h1-7H,(H,17,20)(H,18,21). The van der Waals surface area contributed by atoms with Crippen LogP contribution in [-0.2, 0) is 9.59 Å². The summed E-state index contributed by atoms with van der Waals surface area (Å²) in [4.78, 5) is 33.7. The number of benzene rings is 2. The van der Waals surface area contributed by atoms with Crippen molar-refractivity contribution in [2.45, 2.75) is 0 Å². The predicted octanol–water partition coefficient (Wildman–Crippen LogP) is 3.48. The van der Waals surface area contributed by atoms with Crippen molar-refractivity contribution >= 4 is 52.1 Å². The number of nitro benzene ring substituents is 1. The predicted molar refractivity (Wildman–Crippen MR) is 86.8 cm³/mol. The maximum absolute atomic E-state index is 11.8. The monoisotopic (exact) mass is 353 g/mol. The number of rotatable bonds is 3. The normalized spacial score (nSPS) is 10.0. The molecule has 0 fully saturated rings. The van der Waals surface area contributed by atoms with Gasteiger partial charge in [0.1, 0.15) is 0 Å². The topological polar surface area (TPSA) is 101 Å². The second kappa shape index (κ2) is 7.08. The van der Waals surface area contributed by atoms with E-state index in [0.29, 0.717) is 10.0 Å². The molecule has 0 unspecified atom stereocenters. The number of hydrogen-bond donors (Lipinski definition) is 2. The number of carbonyl (C=O) groups is 2. The second-order valence-electron chi connectivity index (χ2n) is 4.37. The second-order valence-corrected chi connectivity index (χ2v) is 5.25. The zero-order valence-corrected chi connectivity index (χ0v) is 12.9. The van der Waals surface area contributed by atoms with Crippen LogP contribution in [-0.4, -0.2) is 16.7 Å². The van der Waals surface area contributed by atoms with Gasteiger partial charge in [-0.05, 0) is 24.3 Å². The molecule has 0 saturated heterocycles. The van der Waals surface area contributed by atoms with Crippen molar-refractivity contribution in [3.8, 4) is 0 Å². The summed E-state index contributed by atoms with van der Waals surface area (Å²) in [5.41, 5.74) is 0.176. The molecule has 7 nitrogen and oxygen atoms in total. The Morgan fingerprint density at radius 2 is 1.48 bits per heavy atom. The zero-order valence-electron chi connectivity index (χ0n) is 11.4. The number of nitrogens with zero attached hydrogens (tertiary/aromatic N) is 1. The molecule has 9 heteroatoms. The molecular formula is C14H9Cl2N3O4. The highest BCUT2D eigenvalue weighted by Crippen LogP contribution is 2.22. The first kappa shape index (κ1) is 16.7. The molecule has 0 aromatic heterocycles. The Kier molecular flexibility index (Phi) is 5.15. The number of nitro groups is 1. The molecule has 0 radical (unpaired) electrons. The van der Waals surface area contributed by atoms with Crippen LogP contribution in [0.25, 0.3) is 0 Å². The minimum Gasteiger partial charge on any atom is -0.318 e. The number of carbonyl (C=O) groups excluding carboxylic acids is 2. The molecule has 2 rings (SSSR count). The van der Waals surface area contributed by atoms with Crippen molar-refractivity contribution in [3.05, 3.63) is 62.6 Å². The Morgan fingerprint density at radius 1 is 0.913 bits per heavy atom. The minimum absolute atomic E-state index is 0.128. The Hall–Kier alpha value is -2.64. The highest BCUT2D eigenvalue weighted by Gasteiger charge is 2.16. The molecule has 2 aromatic carbocycles. The van der Waals surface area contributed by atoms with Gasteiger partial charge in [0.05, 0.1) is 4.92 Å². The average molecular weight is 354 g/mol. The van der Waals surface area contributed by atoms with E-state index in [-0.39, 0.29) is 17.1 Å². The Bertz CT molecular complexity index is 775. The van der Waals surface area contributed by atoms with Crippen LogP contribution < -0.4 is 10.6 Å². The fourth-order valence-corrected chi connectivity index (χ4v) is 2.22. The first-order valence-electron chi connectivity index (χ1n) is 6.18. The van der Waals surface area contributed by atoms with Crippen LogP contribution in [0.3, 0.4) is 0 Å². The summed E-state index contributed by atoms with van der Waals surface area (Å²) in [7, 11) is 0. The summed E-state index contributed by atoms with van der Waals surface area (Å²) < 4.78 is 0. The molecule has 0 aliphatic rings. The van der Waals surface area contributed by atoms with Gasteiger partial charge in [-0.1, -0.05) is 29.3 Å². The molecule has 0 aliphatic carbocycles. The summed E-state index contributed by atoms with van der Waals surface area (Å²) >= 11 is 11.6. The number of non-ortho nitro benzene ring substituents is 1. The summed E-state index contributed by atoms with van der Waals surface area (Å²) in [6.45, 7) is 0. The van der Waals surface area contributed by atoms with Crippen LogP contribution >= 0.6 is 23.2 Å². The van der Waals surface area contributed by atoms with Crippen LogP contribution in [0.15, 0.2) is 42.5 Å². The molecule has 118 valence electrons. The van der Waals surface area contributed by atoms with E-state index in [2.05, 4.69) is 10.6 Å². The van der Waals surface area contributed by atoms with E-state index in [9.17, 15) is 19.7 Å². The van der Waals surface area contributed by atoms with Gasteiger partial charge in [-0.25, -0.2) is 0 Å². The van der Waals surface area contributed by atoms with E-state index in [4.69, 9.17) is 23.2 Å².